The van der Waals surface area contributed by atoms with Gasteiger partial charge in [-0.2, -0.15) is 0 Å². The average molecular weight is 278 g/mol. The summed E-state index contributed by atoms with van der Waals surface area (Å²) in [4.78, 5) is 7.17. The number of aromatic nitrogens is 2. The van der Waals surface area contributed by atoms with E-state index >= 15 is 0 Å². The van der Waals surface area contributed by atoms with Crippen molar-refractivity contribution in [3.63, 3.8) is 0 Å². The van der Waals surface area contributed by atoms with E-state index in [-0.39, 0.29) is 0 Å². The number of halogens is 1. The van der Waals surface area contributed by atoms with Gasteiger partial charge < -0.3 is 4.57 Å². The van der Waals surface area contributed by atoms with E-state index in [0.717, 1.165) is 37.0 Å². The summed E-state index contributed by atoms with van der Waals surface area (Å²) in [7, 11) is 0. The van der Waals surface area contributed by atoms with E-state index in [4.69, 9.17) is 11.6 Å². The SMILES string of the molecule is CCN(CCn1c(CCl)nc2ccccc21)C1CC1. The maximum atomic E-state index is 6.03. The lowest BCUT2D eigenvalue weighted by Gasteiger charge is -2.20. The fourth-order valence-electron chi connectivity index (χ4n) is 2.74. The number of imidazole rings is 1. The standard InChI is InChI=1S/C15H20ClN3/c1-2-18(12-7-8-12)9-10-19-14-6-4-3-5-13(14)17-15(19)11-16/h3-6,12H,2,7-11H2,1H3. The molecule has 1 heterocycles. The molecule has 0 amide bonds. The quantitative estimate of drug-likeness (QED) is 0.756. The van der Waals surface area contributed by atoms with Crippen LogP contribution in [-0.2, 0) is 12.4 Å². The van der Waals surface area contributed by atoms with Crippen molar-refractivity contribution in [3.05, 3.63) is 30.1 Å². The number of hydrogen-bond acceptors (Lipinski definition) is 2. The predicted octanol–water partition coefficient (Wildman–Crippen LogP) is 3.26. The van der Waals surface area contributed by atoms with E-state index in [1.807, 2.05) is 6.07 Å². The molecule has 0 unspecified atom stereocenters. The van der Waals surface area contributed by atoms with Crippen molar-refractivity contribution in [1.29, 1.82) is 0 Å². The number of nitrogens with zero attached hydrogens (tertiary/aromatic N) is 3. The molecule has 102 valence electrons. The zero-order chi connectivity index (χ0) is 13.2. The van der Waals surface area contributed by atoms with Crippen molar-refractivity contribution < 1.29 is 0 Å². The van der Waals surface area contributed by atoms with Crippen molar-refractivity contribution in [2.45, 2.75) is 38.2 Å². The summed E-state index contributed by atoms with van der Waals surface area (Å²) in [6, 6.07) is 9.10. The van der Waals surface area contributed by atoms with Crippen LogP contribution in [0.1, 0.15) is 25.6 Å². The van der Waals surface area contributed by atoms with Gasteiger partial charge in [-0.25, -0.2) is 4.98 Å². The second kappa shape index (κ2) is 5.51. The Bertz CT molecular complexity index is 560. The monoisotopic (exact) mass is 277 g/mol. The van der Waals surface area contributed by atoms with E-state index in [2.05, 4.69) is 39.6 Å². The van der Waals surface area contributed by atoms with Gasteiger partial charge in [0.25, 0.3) is 0 Å². The van der Waals surface area contributed by atoms with Gasteiger partial charge >= 0.3 is 0 Å². The maximum absolute atomic E-state index is 6.03. The first kappa shape index (κ1) is 12.9. The summed E-state index contributed by atoms with van der Waals surface area (Å²) in [6.45, 7) is 5.44. The number of alkyl halides is 1. The van der Waals surface area contributed by atoms with Crippen molar-refractivity contribution in [2.75, 3.05) is 13.1 Å². The Morgan fingerprint density at radius 2 is 2.16 bits per heavy atom. The molecule has 0 radical (unpaired) electrons. The lowest BCUT2D eigenvalue weighted by molar-refractivity contribution is 0.266. The Morgan fingerprint density at radius 3 is 2.84 bits per heavy atom. The third-order valence-electron chi connectivity index (χ3n) is 3.93. The van der Waals surface area contributed by atoms with E-state index < -0.39 is 0 Å². The second-order valence-electron chi connectivity index (χ2n) is 5.16. The minimum absolute atomic E-state index is 0.476. The Morgan fingerprint density at radius 1 is 1.37 bits per heavy atom. The number of hydrogen-bond donors (Lipinski definition) is 0. The summed E-state index contributed by atoms with van der Waals surface area (Å²) in [5.74, 6) is 1.46. The molecule has 3 nitrogen and oxygen atoms in total. The third kappa shape index (κ3) is 2.63. The van der Waals surface area contributed by atoms with Gasteiger partial charge in [-0.1, -0.05) is 19.1 Å². The van der Waals surface area contributed by atoms with Crippen LogP contribution >= 0.6 is 11.6 Å². The Balaban J connectivity index is 1.82. The Kier molecular flexibility index (Phi) is 3.76. The minimum atomic E-state index is 0.476. The van der Waals surface area contributed by atoms with Crippen LogP contribution in [0.4, 0.5) is 0 Å². The fraction of sp³-hybridized carbons (Fsp3) is 0.533. The molecule has 19 heavy (non-hydrogen) atoms. The zero-order valence-corrected chi connectivity index (χ0v) is 12.1. The summed E-state index contributed by atoms with van der Waals surface area (Å²) in [6.07, 6.45) is 2.72. The maximum Gasteiger partial charge on any atom is 0.124 e. The molecule has 0 saturated heterocycles. The summed E-state index contributed by atoms with van der Waals surface area (Å²) in [5, 5.41) is 0. The first-order valence-electron chi connectivity index (χ1n) is 7.07. The topological polar surface area (TPSA) is 21.1 Å². The average Bonchev–Trinajstić information content (AvgIpc) is 3.21. The molecule has 0 aliphatic heterocycles. The number of rotatable bonds is 6. The molecule has 1 aliphatic carbocycles. The highest BCUT2D eigenvalue weighted by Gasteiger charge is 2.27. The molecule has 1 aromatic heterocycles. The molecule has 1 fully saturated rings. The van der Waals surface area contributed by atoms with Gasteiger partial charge in [0.1, 0.15) is 5.82 Å². The minimum Gasteiger partial charge on any atom is -0.326 e. The Labute approximate surface area is 119 Å². The van der Waals surface area contributed by atoms with Gasteiger partial charge in [0.15, 0.2) is 0 Å². The number of para-hydroxylation sites is 2. The smallest absolute Gasteiger partial charge is 0.124 e. The van der Waals surface area contributed by atoms with E-state index in [0.29, 0.717) is 5.88 Å². The highest BCUT2D eigenvalue weighted by molar-refractivity contribution is 6.16. The second-order valence-corrected chi connectivity index (χ2v) is 5.43. The van der Waals surface area contributed by atoms with Gasteiger partial charge in [0, 0.05) is 19.1 Å². The largest absolute Gasteiger partial charge is 0.326 e. The van der Waals surface area contributed by atoms with E-state index in [1.165, 1.54) is 18.4 Å². The van der Waals surface area contributed by atoms with E-state index in [1.54, 1.807) is 0 Å². The number of fused-ring (bicyclic) bond motifs is 1. The predicted molar refractivity (Wildman–Crippen MR) is 79.6 cm³/mol. The first-order valence-corrected chi connectivity index (χ1v) is 7.61. The van der Waals surface area contributed by atoms with Crippen LogP contribution < -0.4 is 0 Å². The third-order valence-corrected chi connectivity index (χ3v) is 4.17. The van der Waals surface area contributed by atoms with Gasteiger partial charge in [-0.15, -0.1) is 11.6 Å². The van der Waals surface area contributed by atoms with Crippen LogP contribution in [0.2, 0.25) is 0 Å². The molecule has 4 heteroatoms. The molecule has 3 rings (SSSR count). The van der Waals surface area contributed by atoms with Crippen LogP contribution in [0.5, 0.6) is 0 Å². The summed E-state index contributed by atoms with van der Waals surface area (Å²) in [5.41, 5.74) is 2.25. The van der Waals surface area contributed by atoms with Crippen molar-refractivity contribution >= 4 is 22.6 Å². The highest BCUT2D eigenvalue weighted by atomic mass is 35.5. The number of likely N-dealkylation sites (N-methyl/N-ethyl adjacent to an activating group) is 1. The molecule has 2 aromatic rings. The lowest BCUT2D eigenvalue weighted by atomic mass is 10.3. The van der Waals surface area contributed by atoms with Crippen molar-refractivity contribution in [2.24, 2.45) is 0 Å². The molecule has 1 saturated carbocycles. The fourth-order valence-corrected chi connectivity index (χ4v) is 2.95. The van der Waals surface area contributed by atoms with Gasteiger partial charge in [-0.05, 0) is 31.5 Å². The Hall–Kier alpha value is -1.06. The molecule has 0 atom stereocenters. The normalized spacial score (nSPS) is 15.5. The van der Waals surface area contributed by atoms with Crippen LogP contribution in [0.15, 0.2) is 24.3 Å². The zero-order valence-electron chi connectivity index (χ0n) is 11.3. The van der Waals surface area contributed by atoms with Crippen LogP contribution in [0.3, 0.4) is 0 Å². The van der Waals surface area contributed by atoms with E-state index in [9.17, 15) is 0 Å². The van der Waals surface area contributed by atoms with Crippen LogP contribution in [-0.4, -0.2) is 33.6 Å². The van der Waals surface area contributed by atoms with Crippen LogP contribution in [0.25, 0.3) is 11.0 Å². The van der Waals surface area contributed by atoms with Gasteiger partial charge in [0.05, 0.1) is 16.9 Å². The molecular weight excluding hydrogens is 258 g/mol. The molecule has 0 bridgehead atoms. The lowest BCUT2D eigenvalue weighted by Crippen LogP contribution is -2.29. The molecule has 0 spiro atoms. The molecule has 0 N–H and O–H groups in total. The van der Waals surface area contributed by atoms with Crippen molar-refractivity contribution in [3.8, 4) is 0 Å². The summed E-state index contributed by atoms with van der Waals surface area (Å²) >= 11 is 6.03. The van der Waals surface area contributed by atoms with Crippen LogP contribution in [0, 0.1) is 0 Å². The molecular formula is C15H20ClN3. The van der Waals surface area contributed by atoms with Gasteiger partial charge in [-0.3, -0.25) is 4.90 Å². The summed E-state index contributed by atoms with van der Waals surface area (Å²) < 4.78 is 2.27. The highest BCUT2D eigenvalue weighted by Crippen LogP contribution is 2.26. The molecule has 1 aliphatic rings. The molecule has 1 aromatic carbocycles. The van der Waals surface area contributed by atoms with Gasteiger partial charge in [0.2, 0.25) is 0 Å². The van der Waals surface area contributed by atoms with Crippen molar-refractivity contribution in [1.82, 2.24) is 14.5 Å². The first-order chi connectivity index (χ1) is 9.33. The number of benzene rings is 1.